The Hall–Kier alpha value is -9.22. The Morgan fingerprint density at radius 1 is 0.568 bits per heavy atom. The Bertz CT molecular complexity index is 4190. The molecule has 0 radical (unpaired) electrons. The van der Waals surface area contributed by atoms with Gasteiger partial charge in [-0.15, -0.1) is 0 Å². The van der Waals surface area contributed by atoms with E-state index < -0.39 is 121 Å². The first-order valence-electron chi connectivity index (χ1n) is 26.2. The summed E-state index contributed by atoms with van der Waals surface area (Å²) in [5.74, 6) is -12.1. The van der Waals surface area contributed by atoms with Crippen molar-refractivity contribution < 1.29 is 69.0 Å². The average molecular weight is 1310 g/mol. The molecule has 0 saturated heterocycles. The molecule has 12 N–H and O–H groups in total. The summed E-state index contributed by atoms with van der Waals surface area (Å²) in [6, 6.07) is 14.3. The number of fused-ring (bicyclic) bond motifs is 15. The number of nitrogens with zero attached hydrogens (tertiary/aromatic N) is 1. The second kappa shape index (κ2) is 24.9. The number of carbonyl (C=O) groups excluding carboxylic acids is 7. The van der Waals surface area contributed by atoms with Gasteiger partial charge in [-0.1, -0.05) is 118 Å². The molecule has 1 aromatic heterocycles. The first-order chi connectivity index (χ1) is 41.8. The lowest BCUT2D eigenvalue weighted by Crippen LogP contribution is -2.54. The molecule has 88 heavy (non-hydrogen) atoms. The number of carbonyl (C=O) groups is 8. The molecular formula is C61H45Cl6N7O14. The Labute approximate surface area is 527 Å². The molecule has 0 spiro atoms. The SMILES string of the molecule is CN1C(=O)[C@@H](c2cc(Cl)c(O)c(Cl)c2)NC(=O)[C@@H]2NC(=O)[C@@H](c3cc(Cl)c(O)c(Cl)c3)NC(=O)[C@H](NC(=O)C(=O)c3cc(Cl)c(O)c(Cl)c3)Cc3c[nH]c4cc(ccc34)-c3cc2cc(c3O)-c2ccc(cc2)C[C@H]1C(=O)N[C@@H](C(=O)O)c1ccc(O)cc1. The van der Waals surface area contributed by atoms with Crippen LogP contribution in [-0.2, 0) is 46.4 Å². The molecule has 8 aromatic rings. The summed E-state index contributed by atoms with van der Waals surface area (Å²) in [4.78, 5) is 121. The molecule has 4 aliphatic heterocycles. The quantitative estimate of drug-likeness (QED) is 0.0474. The van der Waals surface area contributed by atoms with Gasteiger partial charge in [0.2, 0.25) is 35.3 Å². The topological polar surface area (TPSA) is 337 Å². The molecule has 0 aliphatic carbocycles. The third-order valence-electron chi connectivity index (χ3n) is 15.0. The maximum Gasteiger partial charge on any atom is 0.330 e. The molecule has 27 heteroatoms. The van der Waals surface area contributed by atoms with Gasteiger partial charge >= 0.3 is 5.97 Å². The highest BCUT2D eigenvalue weighted by atomic mass is 35.5. The first-order valence-corrected chi connectivity index (χ1v) is 28.5. The van der Waals surface area contributed by atoms with Crippen LogP contribution in [-0.4, -0.2) is 107 Å². The van der Waals surface area contributed by atoms with Crippen LogP contribution in [0, 0.1) is 0 Å². The van der Waals surface area contributed by atoms with Gasteiger partial charge in [-0.05, 0) is 111 Å². The number of hydrogen-bond donors (Lipinski definition) is 12. The number of Topliss-reactive ketones (excluding diaryl/α,β-unsaturated/α-hetero) is 1. The third kappa shape index (κ3) is 12.4. The third-order valence-corrected chi connectivity index (χ3v) is 16.8. The van der Waals surface area contributed by atoms with Crippen LogP contribution in [0.2, 0.25) is 30.1 Å². The van der Waals surface area contributed by atoms with E-state index in [0.717, 1.165) is 41.3 Å². The zero-order valence-corrected chi connectivity index (χ0v) is 49.6. The van der Waals surface area contributed by atoms with E-state index in [9.17, 15) is 49.8 Å². The van der Waals surface area contributed by atoms with E-state index in [1.54, 1.807) is 42.5 Å². The van der Waals surface area contributed by atoms with Crippen molar-refractivity contribution in [2.75, 3.05) is 7.05 Å². The Morgan fingerprint density at radius 2 is 1.06 bits per heavy atom. The zero-order valence-electron chi connectivity index (χ0n) is 45.1. The van der Waals surface area contributed by atoms with Crippen LogP contribution in [0.4, 0.5) is 0 Å². The number of aliphatic carboxylic acids is 1. The zero-order chi connectivity index (χ0) is 63.3. The van der Waals surface area contributed by atoms with Crippen molar-refractivity contribution in [3.05, 3.63) is 191 Å². The van der Waals surface area contributed by atoms with Gasteiger partial charge < -0.3 is 67.1 Å². The highest BCUT2D eigenvalue weighted by molar-refractivity contribution is 6.45. The minimum absolute atomic E-state index is 0.0487. The highest BCUT2D eigenvalue weighted by Gasteiger charge is 2.40. The second-order valence-electron chi connectivity index (χ2n) is 20.6. The van der Waals surface area contributed by atoms with E-state index in [0.29, 0.717) is 33.2 Å². The van der Waals surface area contributed by atoms with Gasteiger partial charge in [-0.2, -0.15) is 0 Å². The normalized spacial score (nSPS) is 18.3. The number of H-pyrrole nitrogens is 1. The predicted octanol–water partition coefficient (Wildman–Crippen LogP) is 9.07. The molecule has 21 nitrogen and oxygen atoms in total. The van der Waals surface area contributed by atoms with Gasteiger partial charge in [0.1, 0.15) is 41.7 Å². The molecule has 7 aromatic carbocycles. The summed E-state index contributed by atoms with van der Waals surface area (Å²) in [7, 11) is 1.20. The lowest BCUT2D eigenvalue weighted by Gasteiger charge is -2.33. The number of hydrogen-bond acceptors (Lipinski definition) is 13. The molecular weight excluding hydrogens is 1270 g/mol. The summed E-state index contributed by atoms with van der Waals surface area (Å²) < 4.78 is 0. The van der Waals surface area contributed by atoms with Crippen molar-refractivity contribution in [1.82, 2.24) is 36.5 Å². The van der Waals surface area contributed by atoms with E-state index in [2.05, 4.69) is 31.6 Å². The maximum absolute atomic E-state index is 15.8. The molecule has 5 heterocycles. The first kappa shape index (κ1) is 61.9. The fourth-order valence-corrected chi connectivity index (χ4v) is 11.8. The lowest BCUT2D eigenvalue weighted by atomic mass is 9.90. The maximum atomic E-state index is 15.8. The smallest absolute Gasteiger partial charge is 0.330 e. The van der Waals surface area contributed by atoms with E-state index >= 15 is 19.2 Å². The molecule has 6 amide bonds. The van der Waals surface area contributed by atoms with Gasteiger partial charge in [0.15, 0.2) is 23.3 Å². The largest absolute Gasteiger partial charge is 0.508 e. The van der Waals surface area contributed by atoms with Gasteiger partial charge in [-0.3, -0.25) is 33.6 Å². The number of aromatic amines is 1. The number of rotatable bonds is 9. The summed E-state index contributed by atoms with van der Waals surface area (Å²) in [6.45, 7) is 0. The van der Waals surface area contributed by atoms with E-state index in [1.807, 2.05) is 0 Å². The van der Waals surface area contributed by atoms with Crippen molar-refractivity contribution in [3.8, 4) is 51.0 Å². The number of amides is 6. The van der Waals surface area contributed by atoms with Crippen LogP contribution >= 0.6 is 69.6 Å². The molecule has 450 valence electrons. The molecule has 6 atom stereocenters. The van der Waals surface area contributed by atoms with Crippen LogP contribution in [0.15, 0.2) is 121 Å². The summed E-state index contributed by atoms with van der Waals surface area (Å²) in [6.07, 6.45) is 0.844. The monoisotopic (exact) mass is 1310 g/mol. The van der Waals surface area contributed by atoms with Crippen LogP contribution in [0.3, 0.4) is 0 Å². The summed E-state index contributed by atoms with van der Waals surface area (Å²) >= 11 is 38.0. The van der Waals surface area contributed by atoms with Crippen molar-refractivity contribution in [3.63, 3.8) is 0 Å². The van der Waals surface area contributed by atoms with Crippen molar-refractivity contribution in [2.24, 2.45) is 0 Å². The number of nitrogens with one attached hydrogen (secondary N) is 6. The van der Waals surface area contributed by atoms with E-state index in [-0.39, 0.29) is 73.3 Å². The van der Waals surface area contributed by atoms with Crippen molar-refractivity contribution in [2.45, 2.75) is 49.1 Å². The van der Waals surface area contributed by atoms with Crippen LogP contribution in [0.25, 0.3) is 33.2 Å². The number of phenolic OH excluding ortho intramolecular Hbond substituents is 5. The number of aromatic hydroxyl groups is 5. The van der Waals surface area contributed by atoms with Gasteiger partial charge in [0.05, 0.1) is 30.1 Å². The number of carboxylic acids is 1. The standard InChI is InChI=1S/C61H45Cl6N7O14/c1-74-45(56(82)73-49(61(87)88)26-6-9-33(75)10-7-26)12-24-2-4-25(5-3-24)35-13-28-14-36(51(35)77)27-8-11-34-32(23-68-43(34)21-27)22-44(69-59(85)50(76)31-19-41(66)54(80)42(67)20-31)55(81)70-47(29-15-37(62)52(78)38(63)16-29)57(83)71-46(28)58(84)72-48(60(74)86)30-17-39(64)53(79)40(65)18-30/h2-11,13-21,23,44-49,68,75,77-80H,12,22H2,1H3,(H,69,85)(H,70,81)(H,71,83)(H,72,84)(H,73,82)(H,87,88)/t44-,45+,46-,47-,48-,49-/m1/s1. The number of carboxylic acid groups (broad SMARTS) is 1. The Kier molecular flexibility index (Phi) is 17.5. The molecule has 4 aliphatic rings. The summed E-state index contributed by atoms with van der Waals surface area (Å²) in [5, 5.41) is 75.4. The average Bonchev–Trinajstić information content (AvgIpc) is 1.65. The van der Waals surface area contributed by atoms with Crippen LogP contribution in [0.5, 0.6) is 28.7 Å². The number of likely N-dealkylation sites (N-methyl/N-ethyl adjacent to an activating group) is 1. The van der Waals surface area contributed by atoms with Crippen molar-refractivity contribution in [1.29, 1.82) is 0 Å². The molecule has 9 bridgehead atoms. The minimum atomic E-state index is -2.01. The summed E-state index contributed by atoms with van der Waals surface area (Å²) in [5.41, 5.74) is 1.21. The number of benzene rings is 7. The fourth-order valence-electron chi connectivity index (χ4n) is 10.4. The number of phenols is 5. The predicted molar refractivity (Wildman–Crippen MR) is 325 cm³/mol. The number of aromatic nitrogens is 1. The van der Waals surface area contributed by atoms with Gasteiger partial charge in [0.25, 0.3) is 5.91 Å². The van der Waals surface area contributed by atoms with Crippen molar-refractivity contribution >= 4 is 128 Å². The van der Waals surface area contributed by atoms with E-state index in [4.69, 9.17) is 69.6 Å². The Balaban J connectivity index is 1.16. The number of ketones is 1. The number of halogens is 6. The van der Waals surface area contributed by atoms with Gasteiger partial charge in [-0.25, -0.2) is 4.79 Å². The lowest BCUT2D eigenvalue weighted by molar-refractivity contribution is -0.145. The minimum Gasteiger partial charge on any atom is -0.508 e. The Morgan fingerprint density at radius 3 is 1.61 bits per heavy atom. The van der Waals surface area contributed by atoms with Crippen LogP contribution < -0.4 is 26.6 Å². The molecule has 0 unspecified atom stereocenters. The van der Waals surface area contributed by atoms with E-state index in [1.165, 1.54) is 49.6 Å². The van der Waals surface area contributed by atoms with Gasteiger partial charge in [0, 0.05) is 53.7 Å². The van der Waals surface area contributed by atoms with Crippen LogP contribution in [0.1, 0.15) is 67.9 Å². The fraction of sp³-hybridized carbons (Fsp3) is 0.148. The molecule has 12 rings (SSSR count). The second-order valence-corrected chi connectivity index (χ2v) is 23.1. The highest BCUT2D eigenvalue weighted by Crippen LogP contribution is 2.44. The molecule has 0 saturated carbocycles. The molecule has 0 fully saturated rings.